The van der Waals surface area contributed by atoms with Crippen LogP contribution in [0.5, 0.6) is 0 Å². The van der Waals surface area contributed by atoms with Gasteiger partial charge in [0.1, 0.15) is 0 Å². The van der Waals surface area contributed by atoms with Gasteiger partial charge >= 0.3 is 0 Å². The van der Waals surface area contributed by atoms with Crippen molar-refractivity contribution in [2.45, 2.75) is 24.2 Å². The second-order valence-corrected chi connectivity index (χ2v) is 8.61. The number of nitrogens with zero attached hydrogens (tertiary/aromatic N) is 1. The van der Waals surface area contributed by atoms with Crippen molar-refractivity contribution in [2.24, 2.45) is 0 Å². The SMILES string of the molecule is C[C@@H](CC(=O)Nc1ccc(S(=O)(=O)Nc2nccs2)cc1)c1ccccc1. The predicted molar refractivity (Wildman–Crippen MR) is 107 cm³/mol. The highest BCUT2D eigenvalue weighted by molar-refractivity contribution is 7.93. The maximum atomic E-state index is 12.3. The predicted octanol–water partition coefficient (Wildman–Crippen LogP) is 4.08. The summed E-state index contributed by atoms with van der Waals surface area (Å²) in [5.41, 5.74) is 1.65. The number of thiazole rings is 1. The number of aromatic nitrogens is 1. The minimum atomic E-state index is -3.70. The summed E-state index contributed by atoms with van der Waals surface area (Å²) in [6, 6.07) is 15.9. The molecule has 0 radical (unpaired) electrons. The Morgan fingerprint density at radius 1 is 1.11 bits per heavy atom. The monoisotopic (exact) mass is 401 g/mol. The van der Waals surface area contributed by atoms with E-state index >= 15 is 0 Å². The van der Waals surface area contributed by atoms with Crippen LogP contribution in [-0.4, -0.2) is 19.3 Å². The van der Waals surface area contributed by atoms with E-state index in [0.717, 1.165) is 5.56 Å². The first-order chi connectivity index (χ1) is 12.9. The number of hydrogen-bond acceptors (Lipinski definition) is 5. The zero-order valence-corrected chi connectivity index (χ0v) is 16.3. The molecule has 0 spiro atoms. The van der Waals surface area contributed by atoms with E-state index in [-0.39, 0.29) is 16.7 Å². The molecule has 0 aliphatic carbocycles. The smallest absolute Gasteiger partial charge is 0.263 e. The fourth-order valence-corrected chi connectivity index (χ4v) is 4.34. The summed E-state index contributed by atoms with van der Waals surface area (Å²) in [5.74, 6) is -0.0313. The molecule has 0 aliphatic rings. The standard InChI is InChI=1S/C19H19N3O3S2/c1-14(15-5-3-2-4-6-15)13-18(23)21-16-7-9-17(10-8-16)27(24,25)22-19-20-11-12-26-19/h2-12,14H,13H2,1H3,(H,20,22)(H,21,23)/t14-/m0/s1. The first-order valence-corrected chi connectivity index (χ1v) is 10.7. The van der Waals surface area contributed by atoms with Crippen LogP contribution in [0.2, 0.25) is 0 Å². The molecule has 0 saturated heterocycles. The van der Waals surface area contributed by atoms with Crippen molar-refractivity contribution in [1.29, 1.82) is 0 Å². The van der Waals surface area contributed by atoms with Crippen molar-refractivity contribution in [3.8, 4) is 0 Å². The minimum absolute atomic E-state index is 0.0911. The molecular weight excluding hydrogens is 382 g/mol. The van der Waals surface area contributed by atoms with Crippen LogP contribution in [0, 0.1) is 0 Å². The number of anilines is 2. The molecular formula is C19H19N3O3S2. The number of benzene rings is 2. The molecule has 0 fully saturated rings. The van der Waals surface area contributed by atoms with Crippen LogP contribution < -0.4 is 10.0 Å². The molecule has 2 aromatic carbocycles. The highest BCUT2D eigenvalue weighted by atomic mass is 32.2. The van der Waals surface area contributed by atoms with Crippen molar-refractivity contribution in [1.82, 2.24) is 4.98 Å². The molecule has 0 bridgehead atoms. The maximum absolute atomic E-state index is 12.3. The minimum Gasteiger partial charge on any atom is -0.326 e. The maximum Gasteiger partial charge on any atom is 0.263 e. The van der Waals surface area contributed by atoms with Gasteiger partial charge in [0.15, 0.2) is 5.13 Å². The highest BCUT2D eigenvalue weighted by Gasteiger charge is 2.16. The third kappa shape index (κ3) is 5.15. The van der Waals surface area contributed by atoms with Crippen molar-refractivity contribution in [3.63, 3.8) is 0 Å². The lowest BCUT2D eigenvalue weighted by atomic mass is 9.97. The third-order valence-corrected chi connectivity index (χ3v) is 6.14. The Bertz CT molecular complexity index is 986. The zero-order valence-electron chi connectivity index (χ0n) is 14.6. The molecule has 6 nitrogen and oxygen atoms in total. The number of hydrogen-bond donors (Lipinski definition) is 2. The Morgan fingerprint density at radius 3 is 2.44 bits per heavy atom. The van der Waals surface area contributed by atoms with E-state index in [9.17, 15) is 13.2 Å². The number of nitrogens with one attached hydrogen (secondary N) is 2. The Kier molecular flexibility index (Phi) is 5.88. The Morgan fingerprint density at radius 2 is 1.81 bits per heavy atom. The number of sulfonamides is 1. The summed E-state index contributed by atoms with van der Waals surface area (Å²) >= 11 is 1.20. The first-order valence-electron chi connectivity index (χ1n) is 8.31. The summed E-state index contributed by atoms with van der Waals surface area (Å²) in [4.78, 5) is 16.3. The number of carbonyl (C=O) groups is 1. The molecule has 8 heteroatoms. The fourth-order valence-electron chi connectivity index (χ4n) is 2.55. The van der Waals surface area contributed by atoms with E-state index < -0.39 is 10.0 Å². The molecule has 1 aromatic heterocycles. The van der Waals surface area contributed by atoms with Gasteiger partial charge in [-0.3, -0.25) is 9.52 Å². The summed E-state index contributed by atoms with van der Waals surface area (Å²) in [6.07, 6.45) is 1.87. The van der Waals surface area contributed by atoms with Gasteiger partial charge in [0.2, 0.25) is 5.91 Å². The van der Waals surface area contributed by atoms with E-state index in [0.29, 0.717) is 17.2 Å². The molecule has 2 N–H and O–H groups in total. The second kappa shape index (κ2) is 8.32. The van der Waals surface area contributed by atoms with Crippen molar-refractivity contribution in [2.75, 3.05) is 10.0 Å². The topological polar surface area (TPSA) is 88.2 Å². The summed E-state index contributed by atoms with van der Waals surface area (Å²) in [6.45, 7) is 1.99. The van der Waals surface area contributed by atoms with E-state index in [1.54, 1.807) is 17.5 Å². The van der Waals surface area contributed by atoms with Crippen molar-refractivity contribution < 1.29 is 13.2 Å². The van der Waals surface area contributed by atoms with E-state index in [4.69, 9.17) is 0 Å². The summed E-state index contributed by atoms with van der Waals surface area (Å²) < 4.78 is 27.0. The first kappa shape index (κ1) is 19.1. The Balaban J connectivity index is 1.61. The van der Waals surface area contributed by atoms with Gasteiger partial charge in [-0.25, -0.2) is 13.4 Å². The second-order valence-electron chi connectivity index (χ2n) is 6.03. The average Bonchev–Trinajstić information content (AvgIpc) is 3.15. The van der Waals surface area contributed by atoms with Crippen LogP contribution in [0.3, 0.4) is 0 Å². The van der Waals surface area contributed by atoms with Crippen LogP contribution in [0.4, 0.5) is 10.8 Å². The van der Waals surface area contributed by atoms with Crippen LogP contribution >= 0.6 is 11.3 Å². The largest absolute Gasteiger partial charge is 0.326 e. The summed E-state index contributed by atoms with van der Waals surface area (Å²) in [5, 5.41) is 4.80. The van der Waals surface area contributed by atoms with E-state index in [1.165, 1.54) is 29.7 Å². The quantitative estimate of drug-likeness (QED) is 0.624. The molecule has 0 saturated carbocycles. The van der Waals surface area contributed by atoms with E-state index in [2.05, 4.69) is 15.0 Å². The van der Waals surface area contributed by atoms with Gasteiger partial charge in [0.25, 0.3) is 10.0 Å². The number of carbonyl (C=O) groups excluding carboxylic acids is 1. The van der Waals surface area contributed by atoms with Crippen LogP contribution in [0.1, 0.15) is 24.8 Å². The lowest BCUT2D eigenvalue weighted by Crippen LogP contribution is -2.15. The number of rotatable bonds is 7. The molecule has 27 heavy (non-hydrogen) atoms. The van der Waals surface area contributed by atoms with Gasteiger partial charge in [-0.15, -0.1) is 11.3 Å². The zero-order chi connectivity index (χ0) is 19.3. The highest BCUT2D eigenvalue weighted by Crippen LogP contribution is 2.21. The average molecular weight is 402 g/mol. The molecule has 1 heterocycles. The number of amides is 1. The van der Waals surface area contributed by atoms with Crippen LogP contribution in [-0.2, 0) is 14.8 Å². The molecule has 0 unspecified atom stereocenters. The van der Waals surface area contributed by atoms with Gasteiger partial charge in [-0.2, -0.15) is 0 Å². The lowest BCUT2D eigenvalue weighted by Gasteiger charge is -2.12. The fraction of sp³-hybridized carbons (Fsp3) is 0.158. The van der Waals surface area contributed by atoms with Crippen molar-refractivity contribution in [3.05, 3.63) is 71.7 Å². The van der Waals surface area contributed by atoms with Crippen molar-refractivity contribution >= 4 is 38.1 Å². The van der Waals surface area contributed by atoms with Crippen LogP contribution in [0.15, 0.2) is 71.1 Å². The van der Waals surface area contributed by atoms with Crippen LogP contribution in [0.25, 0.3) is 0 Å². The van der Waals surface area contributed by atoms with Gasteiger partial charge in [0.05, 0.1) is 4.90 Å². The third-order valence-electron chi connectivity index (χ3n) is 3.96. The molecule has 0 aliphatic heterocycles. The molecule has 1 atom stereocenters. The Hall–Kier alpha value is -2.71. The van der Waals surface area contributed by atoms with E-state index in [1.807, 2.05) is 37.3 Å². The normalized spacial score (nSPS) is 12.3. The van der Waals surface area contributed by atoms with Gasteiger partial charge in [-0.05, 0) is 35.7 Å². The van der Waals surface area contributed by atoms with Gasteiger partial charge < -0.3 is 5.32 Å². The molecule has 3 aromatic rings. The molecule has 1 amide bonds. The lowest BCUT2D eigenvalue weighted by molar-refractivity contribution is -0.116. The molecule has 3 rings (SSSR count). The van der Waals surface area contributed by atoms with Gasteiger partial charge in [-0.1, -0.05) is 37.3 Å². The Labute approximate surface area is 162 Å². The summed E-state index contributed by atoms with van der Waals surface area (Å²) in [7, 11) is -3.70. The molecule has 140 valence electrons. The van der Waals surface area contributed by atoms with Gasteiger partial charge in [0, 0.05) is 23.7 Å².